The molecule has 1 heterocycles. The maximum Gasteiger partial charge on any atom is 0.0478 e. The van der Waals surface area contributed by atoms with E-state index in [2.05, 4.69) is 61.3 Å². The normalized spacial score (nSPS) is 18.8. The van der Waals surface area contributed by atoms with E-state index in [-0.39, 0.29) is 0 Å². The first-order chi connectivity index (χ1) is 9.08. The molecule has 19 heavy (non-hydrogen) atoms. The van der Waals surface area contributed by atoms with Gasteiger partial charge in [0.1, 0.15) is 0 Å². The van der Waals surface area contributed by atoms with Crippen molar-refractivity contribution in [1.29, 1.82) is 0 Å². The molecule has 1 aromatic rings. The van der Waals surface area contributed by atoms with Crippen molar-refractivity contribution >= 4 is 0 Å². The Hall–Kier alpha value is -0.900. The summed E-state index contributed by atoms with van der Waals surface area (Å²) in [5, 5.41) is 3.44. The lowest BCUT2D eigenvalue weighted by Crippen LogP contribution is -2.47. The lowest BCUT2D eigenvalue weighted by molar-refractivity contribution is 0.144. The Morgan fingerprint density at radius 1 is 1.21 bits per heavy atom. The molecule has 3 heteroatoms. The minimum absolute atomic E-state index is 0.512. The molecule has 0 aliphatic carbocycles. The summed E-state index contributed by atoms with van der Waals surface area (Å²) in [5.74, 6) is 0. The summed E-state index contributed by atoms with van der Waals surface area (Å²) in [6, 6.07) is 7.38. The van der Waals surface area contributed by atoms with Gasteiger partial charge in [-0.15, -0.1) is 0 Å². The van der Waals surface area contributed by atoms with Gasteiger partial charge in [0.05, 0.1) is 0 Å². The lowest BCUT2D eigenvalue weighted by atomic mass is 9.97. The average molecular weight is 261 g/mol. The highest BCUT2D eigenvalue weighted by atomic mass is 15.2. The van der Waals surface area contributed by atoms with E-state index >= 15 is 0 Å². The van der Waals surface area contributed by atoms with Crippen molar-refractivity contribution < 1.29 is 0 Å². The third-order valence-electron chi connectivity index (χ3n) is 3.91. The molecular weight excluding hydrogens is 234 g/mol. The molecule has 1 fully saturated rings. The Labute approximate surface area is 117 Å². The Kier molecular flexibility index (Phi) is 4.97. The van der Waals surface area contributed by atoms with Crippen LogP contribution < -0.4 is 5.32 Å². The molecule has 1 saturated heterocycles. The molecule has 2 rings (SSSR count). The fourth-order valence-corrected chi connectivity index (χ4v) is 2.95. The van der Waals surface area contributed by atoms with Crippen molar-refractivity contribution in [1.82, 2.24) is 15.1 Å². The van der Waals surface area contributed by atoms with Gasteiger partial charge in [0.15, 0.2) is 0 Å². The van der Waals surface area contributed by atoms with Gasteiger partial charge in [-0.2, -0.15) is 0 Å². The van der Waals surface area contributed by atoms with Crippen LogP contribution in [0.4, 0.5) is 0 Å². The summed E-state index contributed by atoms with van der Waals surface area (Å²) in [7, 11) is 4.33. The van der Waals surface area contributed by atoms with Crippen molar-refractivity contribution in [2.45, 2.75) is 19.9 Å². The second kappa shape index (κ2) is 6.51. The topological polar surface area (TPSA) is 18.5 Å². The molecule has 0 bridgehead atoms. The van der Waals surface area contributed by atoms with Crippen molar-refractivity contribution in [3.8, 4) is 0 Å². The zero-order chi connectivity index (χ0) is 13.8. The summed E-state index contributed by atoms with van der Waals surface area (Å²) in [6.45, 7) is 10.0. The first kappa shape index (κ1) is 14.5. The molecule has 1 aliphatic heterocycles. The summed E-state index contributed by atoms with van der Waals surface area (Å²) in [4.78, 5) is 4.92. The van der Waals surface area contributed by atoms with Gasteiger partial charge in [0, 0.05) is 38.8 Å². The first-order valence-electron chi connectivity index (χ1n) is 7.24. The van der Waals surface area contributed by atoms with Crippen molar-refractivity contribution in [2.24, 2.45) is 0 Å². The number of piperazine rings is 1. The van der Waals surface area contributed by atoms with Gasteiger partial charge in [0.25, 0.3) is 0 Å². The van der Waals surface area contributed by atoms with Crippen molar-refractivity contribution in [2.75, 3.05) is 46.8 Å². The number of rotatable bonds is 4. The number of aryl methyl sites for hydroxylation is 2. The van der Waals surface area contributed by atoms with Crippen LogP contribution in [0.1, 0.15) is 22.7 Å². The van der Waals surface area contributed by atoms with Gasteiger partial charge in [-0.05, 0) is 39.1 Å². The molecule has 3 nitrogen and oxygen atoms in total. The number of likely N-dealkylation sites (N-methyl/N-ethyl adjacent to an activating group) is 1. The second-order valence-electron chi connectivity index (χ2n) is 5.92. The predicted octanol–water partition coefficient (Wildman–Crippen LogP) is 1.81. The van der Waals surface area contributed by atoms with Gasteiger partial charge in [0.2, 0.25) is 0 Å². The Morgan fingerprint density at radius 2 is 1.89 bits per heavy atom. The van der Waals surface area contributed by atoms with Crippen LogP contribution in [0.2, 0.25) is 0 Å². The van der Waals surface area contributed by atoms with E-state index in [0.29, 0.717) is 6.04 Å². The standard InChI is InChI=1S/C16H27N3/c1-13-5-6-15(14(2)11-13)16(12-18(3)4)19-9-7-17-8-10-19/h5-6,11,16-17H,7-10,12H2,1-4H3. The maximum absolute atomic E-state index is 3.44. The van der Waals surface area contributed by atoms with Crippen LogP contribution in [-0.4, -0.2) is 56.6 Å². The third kappa shape index (κ3) is 3.78. The zero-order valence-corrected chi connectivity index (χ0v) is 12.7. The molecule has 1 aromatic carbocycles. The summed E-state index contributed by atoms with van der Waals surface area (Å²) < 4.78 is 0. The van der Waals surface area contributed by atoms with Crippen LogP contribution in [0.25, 0.3) is 0 Å². The van der Waals surface area contributed by atoms with E-state index in [4.69, 9.17) is 0 Å². The molecule has 1 N–H and O–H groups in total. The minimum atomic E-state index is 0.512. The van der Waals surface area contributed by atoms with Gasteiger partial charge < -0.3 is 10.2 Å². The van der Waals surface area contributed by atoms with E-state index in [9.17, 15) is 0 Å². The molecule has 1 unspecified atom stereocenters. The van der Waals surface area contributed by atoms with Crippen LogP contribution >= 0.6 is 0 Å². The Morgan fingerprint density at radius 3 is 2.47 bits per heavy atom. The Bertz CT molecular complexity index is 408. The van der Waals surface area contributed by atoms with Gasteiger partial charge in [-0.1, -0.05) is 23.8 Å². The fourth-order valence-electron chi connectivity index (χ4n) is 2.95. The minimum Gasteiger partial charge on any atom is -0.314 e. The first-order valence-corrected chi connectivity index (χ1v) is 7.24. The maximum atomic E-state index is 3.44. The molecule has 0 aromatic heterocycles. The monoisotopic (exact) mass is 261 g/mol. The lowest BCUT2D eigenvalue weighted by Gasteiger charge is -2.37. The second-order valence-corrected chi connectivity index (χ2v) is 5.92. The van der Waals surface area contributed by atoms with Crippen LogP contribution in [0, 0.1) is 13.8 Å². The largest absolute Gasteiger partial charge is 0.314 e. The number of hydrogen-bond acceptors (Lipinski definition) is 3. The van der Waals surface area contributed by atoms with Crippen molar-refractivity contribution in [3.05, 3.63) is 34.9 Å². The average Bonchev–Trinajstić information content (AvgIpc) is 2.37. The summed E-state index contributed by atoms with van der Waals surface area (Å²) in [5.41, 5.74) is 4.26. The Balaban J connectivity index is 2.25. The highest BCUT2D eigenvalue weighted by Gasteiger charge is 2.23. The van der Waals surface area contributed by atoms with E-state index < -0.39 is 0 Å². The van der Waals surface area contributed by atoms with E-state index in [1.807, 2.05) is 0 Å². The predicted molar refractivity (Wildman–Crippen MR) is 81.7 cm³/mol. The molecule has 0 amide bonds. The molecule has 0 saturated carbocycles. The summed E-state index contributed by atoms with van der Waals surface area (Å²) in [6.07, 6.45) is 0. The third-order valence-corrected chi connectivity index (χ3v) is 3.91. The molecule has 106 valence electrons. The van der Waals surface area contributed by atoms with E-state index in [0.717, 1.165) is 32.7 Å². The highest BCUT2D eigenvalue weighted by molar-refractivity contribution is 5.33. The van der Waals surface area contributed by atoms with E-state index in [1.165, 1.54) is 16.7 Å². The van der Waals surface area contributed by atoms with Crippen LogP contribution in [0.3, 0.4) is 0 Å². The van der Waals surface area contributed by atoms with Crippen molar-refractivity contribution in [3.63, 3.8) is 0 Å². The molecule has 1 aliphatic rings. The van der Waals surface area contributed by atoms with Crippen LogP contribution in [0.5, 0.6) is 0 Å². The smallest absolute Gasteiger partial charge is 0.0478 e. The van der Waals surface area contributed by atoms with E-state index in [1.54, 1.807) is 0 Å². The fraction of sp³-hybridized carbons (Fsp3) is 0.625. The number of nitrogens with zero attached hydrogens (tertiary/aromatic N) is 2. The number of hydrogen-bond donors (Lipinski definition) is 1. The molecular formula is C16H27N3. The molecule has 0 radical (unpaired) electrons. The quantitative estimate of drug-likeness (QED) is 0.892. The van der Waals surface area contributed by atoms with Gasteiger partial charge >= 0.3 is 0 Å². The molecule has 0 spiro atoms. The van der Waals surface area contributed by atoms with Crippen LogP contribution in [-0.2, 0) is 0 Å². The summed E-state index contributed by atoms with van der Waals surface area (Å²) >= 11 is 0. The molecule has 1 atom stereocenters. The number of nitrogens with one attached hydrogen (secondary N) is 1. The zero-order valence-electron chi connectivity index (χ0n) is 12.7. The van der Waals surface area contributed by atoms with Gasteiger partial charge in [-0.25, -0.2) is 0 Å². The SMILES string of the molecule is Cc1ccc(C(CN(C)C)N2CCNCC2)c(C)c1. The number of benzene rings is 1. The van der Waals surface area contributed by atoms with Gasteiger partial charge in [-0.3, -0.25) is 4.90 Å². The van der Waals surface area contributed by atoms with Crippen LogP contribution in [0.15, 0.2) is 18.2 Å². The highest BCUT2D eigenvalue weighted by Crippen LogP contribution is 2.25.